The van der Waals surface area contributed by atoms with E-state index in [0.29, 0.717) is 24.2 Å². The first-order valence-electron chi connectivity index (χ1n) is 12.4. The fourth-order valence-electron chi connectivity index (χ4n) is 4.91. The molecule has 1 aromatic heterocycles. The van der Waals surface area contributed by atoms with E-state index in [0.717, 1.165) is 73.6 Å². The Hall–Kier alpha value is -1.58. The van der Waals surface area contributed by atoms with Crippen molar-refractivity contribution in [3.05, 3.63) is 40.0 Å². The van der Waals surface area contributed by atoms with Crippen molar-refractivity contribution < 1.29 is 19.3 Å². The predicted molar refractivity (Wildman–Crippen MR) is 139 cm³/mol. The number of thioether (sulfide) groups is 1. The van der Waals surface area contributed by atoms with Crippen molar-refractivity contribution in [3.63, 3.8) is 0 Å². The molecule has 192 valence electrons. The van der Waals surface area contributed by atoms with Gasteiger partial charge in [-0.25, -0.2) is 4.98 Å². The summed E-state index contributed by atoms with van der Waals surface area (Å²) in [6.07, 6.45) is 7.01. The SMILES string of the molecule is CCCCc1c(COC)nc(SC)nc1OC[C@@H](O)CN1CCC2(CC1)Cc1cc(Cl)ccc1O2. The van der Waals surface area contributed by atoms with Gasteiger partial charge in [0.25, 0.3) is 0 Å². The largest absolute Gasteiger partial charge is 0.487 e. The number of unbranched alkanes of at least 4 members (excludes halogenated alkanes) is 1. The Morgan fingerprint density at radius 1 is 1.29 bits per heavy atom. The molecule has 2 aliphatic rings. The number of halogens is 1. The highest BCUT2D eigenvalue weighted by atomic mass is 35.5. The average molecular weight is 522 g/mol. The first-order chi connectivity index (χ1) is 16.9. The van der Waals surface area contributed by atoms with Crippen LogP contribution in [0.2, 0.25) is 5.02 Å². The summed E-state index contributed by atoms with van der Waals surface area (Å²) in [5.41, 5.74) is 2.90. The molecule has 0 amide bonds. The van der Waals surface area contributed by atoms with E-state index in [1.807, 2.05) is 24.5 Å². The second-order valence-electron chi connectivity index (χ2n) is 9.46. The molecule has 1 fully saturated rings. The van der Waals surface area contributed by atoms with Gasteiger partial charge in [0.05, 0.1) is 12.3 Å². The second-order valence-corrected chi connectivity index (χ2v) is 10.7. The molecule has 9 heteroatoms. The van der Waals surface area contributed by atoms with E-state index >= 15 is 0 Å². The first kappa shape index (κ1) is 26.5. The number of rotatable bonds is 11. The molecule has 35 heavy (non-hydrogen) atoms. The van der Waals surface area contributed by atoms with Crippen molar-refractivity contribution >= 4 is 23.4 Å². The van der Waals surface area contributed by atoms with Crippen LogP contribution in [-0.4, -0.2) is 71.3 Å². The van der Waals surface area contributed by atoms with E-state index in [2.05, 4.69) is 21.8 Å². The lowest BCUT2D eigenvalue weighted by molar-refractivity contribution is -0.00239. The van der Waals surface area contributed by atoms with Gasteiger partial charge in [0.15, 0.2) is 5.16 Å². The summed E-state index contributed by atoms with van der Waals surface area (Å²) in [5.74, 6) is 1.52. The summed E-state index contributed by atoms with van der Waals surface area (Å²) < 4.78 is 17.8. The third-order valence-corrected chi connectivity index (χ3v) is 7.57. The van der Waals surface area contributed by atoms with Crippen LogP contribution in [0.25, 0.3) is 0 Å². The van der Waals surface area contributed by atoms with E-state index in [4.69, 9.17) is 25.8 Å². The van der Waals surface area contributed by atoms with Crippen molar-refractivity contribution in [2.24, 2.45) is 0 Å². The van der Waals surface area contributed by atoms with Crippen LogP contribution in [0.15, 0.2) is 23.4 Å². The van der Waals surface area contributed by atoms with Crippen molar-refractivity contribution in [2.75, 3.05) is 39.6 Å². The van der Waals surface area contributed by atoms with Gasteiger partial charge in [-0.1, -0.05) is 36.7 Å². The summed E-state index contributed by atoms with van der Waals surface area (Å²) in [5, 5.41) is 12.2. The minimum atomic E-state index is -0.609. The first-order valence-corrected chi connectivity index (χ1v) is 14.0. The molecular weight excluding hydrogens is 486 g/mol. The Kier molecular flexibility index (Phi) is 9.16. The lowest BCUT2D eigenvalue weighted by Crippen LogP contribution is -2.49. The lowest BCUT2D eigenvalue weighted by Gasteiger charge is -2.39. The van der Waals surface area contributed by atoms with E-state index in [1.165, 1.54) is 17.3 Å². The summed E-state index contributed by atoms with van der Waals surface area (Å²) in [4.78, 5) is 11.5. The molecule has 1 N–H and O–H groups in total. The third-order valence-electron chi connectivity index (χ3n) is 6.79. The smallest absolute Gasteiger partial charge is 0.221 e. The number of piperidine rings is 1. The number of aliphatic hydroxyl groups is 1. The molecule has 0 radical (unpaired) electrons. The topological polar surface area (TPSA) is 76.9 Å². The average Bonchev–Trinajstić information content (AvgIpc) is 3.20. The summed E-state index contributed by atoms with van der Waals surface area (Å²) in [6.45, 7) is 5.08. The van der Waals surface area contributed by atoms with Crippen LogP contribution < -0.4 is 9.47 Å². The minimum absolute atomic E-state index is 0.147. The molecule has 4 rings (SSSR count). The zero-order chi connectivity index (χ0) is 24.8. The van der Waals surface area contributed by atoms with Crippen LogP contribution in [0, 0.1) is 0 Å². The molecule has 0 unspecified atom stereocenters. The Morgan fingerprint density at radius 3 is 2.80 bits per heavy atom. The highest BCUT2D eigenvalue weighted by Gasteiger charge is 2.42. The highest BCUT2D eigenvalue weighted by Crippen LogP contribution is 2.42. The maximum absolute atomic E-state index is 10.8. The number of nitrogens with zero attached hydrogens (tertiary/aromatic N) is 3. The number of hydrogen-bond donors (Lipinski definition) is 1. The van der Waals surface area contributed by atoms with Gasteiger partial charge in [0, 0.05) is 56.6 Å². The van der Waals surface area contributed by atoms with Gasteiger partial charge in [-0.2, -0.15) is 4.98 Å². The Morgan fingerprint density at radius 2 is 2.09 bits per heavy atom. The molecule has 1 spiro atoms. The van der Waals surface area contributed by atoms with Crippen LogP contribution in [0.1, 0.15) is 49.4 Å². The minimum Gasteiger partial charge on any atom is -0.487 e. The Balaban J connectivity index is 1.32. The molecule has 3 heterocycles. The number of fused-ring (bicyclic) bond motifs is 1. The Labute approximate surface area is 217 Å². The van der Waals surface area contributed by atoms with Crippen molar-refractivity contribution in [1.82, 2.24) is 14.9 Å². The van der Waals surface area contributed by atoms with Crippen molar-refractivity contribution in [2.45, 2.75) is 68.9 Å². The quantitative estimate of drug-likeness (QED) is 0.341. The fraction of sp³-hybridized carbons (Fsp3) is 0.615. The molecule has 1 atom stereocenters. The molecule has 7 nitrogen and oxygen atoms in total. The van der Waals surface area contributed by atoms with Crippen LogP contribution >= 0.6 is 23.4 Å². The van der Waals surface area contributed by atoms with E-state index in [-0.39, 0.29) is 12.2 Å². The highest BCUT2D eigenvalue weighted by molar-refractivity contribution is 7.98. The standard InChI is InChI=1S/C26H36ClN3O4S/c1-4-5-6-21-22(17-32-2)28-25(35-3)29-24(21)33-16-20(31)15-30-11-9-26(10-12-30)14-18-13-19(27)7-8-23(18)34-26/h7-8,13,20,31H,4-6,9-12,14-17H2,1-3H3/t20-/m0/s1. The van der Waals surface area contributed by atoms with Gasteiger partial charge < -0.3 is 24.2 Å². The van der Waals surface area contributed by atoms with E-state index in [1.54, 1.807) is 7.11 Å². The number of methoxy groups -OCH3 is 1. The Bertz CT molecular complexity index is 1000. The number of β-amino-alcohol motifs (C(OH)–C–C–N with tert-alkyl or cyclic N) is 1. The maximum Gasteiger partial charge on any atom is 0.221 e. The number of benzene rings is 1. The van der Waals surface area contributed by atoms with Gasteiger partial charge in [-0.15, -0.1) is 0 Å². The van der Waals surface area contributed by atoms with Gasteiger partial charge in [0.2, 0.25) is 5.88 Å². The summed E-state index contributed by atoms with van der Waals surface area (Å²) in [7, 11) is 1.67. The van der Waals surface area contributed by atoms with Gasteiger partial charge in [0.1, 0.15) is 24.1 Å². The zero-order valence-corrected chi connectivity index (χ0v) is 22.5. The van der Waals surface area contributed by atoms with Crippen LogP contribution in [0.4, 0.5) is 0 Å². The molecule has 2 aromatic rings. The molecule has 1 saturated heterocycles. The zero-order valence-electron chi connectivity index (χ0n) is 20.9. The van der Waals surface area contributed by atoms with Gasteiger partial charge in [-0.05, 0) is 42.9 Å². The number of likely N-dealkylation sites (tertiary alicyclic amines) is 1. The molecular formula is C26H36ClN3O4S. The number of aliphatic hydroxyl groups excluding tert-OH is 1. The van der Waals surface area contributed by atoms with Crippen LogP contribution in [0.5, 0.6) is 11.6 Å². The summed E-state index contributed by atoms with van der Waals surface area (Å²) in [6, 6.07) is 5.88. The monoisotopic (exact) mass is 521 g/mol. The maximum atomic E-state index is 10.8. The number of ether oxygens (including phenoxy) is 3. The predicted octanol–water partition coefficient (Wildman–Crippen LogP) is 4.55. The molecule has 2 aliphatic heterocycles. The number of aromatic nitrogens is 2. The third kappa shape index (κ3) is 6.60. The van der Waals surface area contributed by atoms with Crippen LogP contribution in [-0.2, 0) is 24.2 Å². The van der Waals surface area contributed by atoms with Crippen molar-refractivity contribution in [1.29, 1.82) is 0 Å². The molecule has 0 saturated carbocycles. The lowest BCUT2D eigenvalue weighted by atomic mass is 9.87. The molecule has 1 aromatic carbocycles. The molecule has 0 bridgehead atoms. The fourth-order valence-corrected chi connectivity index (χ4v) is 5.48. The van der Waals surface area contributed by atoms with Gasteiger partial charge in [-0.3, -0.25) is 0 Å². The van der Waals surface area contributed by atoms with Crippen LogP contribution in [0.3, 0.4) is 0 Å². The summed E-state index contributed by atoms with van der Waals surface area (Å²) >= 11 is 7.64. The second kappa shape index (κ2) is 12.1. The number of hydrogen-bond acceptors (Lipinski definition) is 8. The van der Waals surface area contributed by atoms with Gasteiger partial charge >= 0.3 is 0 Å². The van der Waals surface area contributed by atoms with E-state index < -0.39 is 6.10 Å². The van der Waals surface area contributed by atoms with Crippen molar-refractivity contribution in [3.8, 4) is 11.6 Å². The molecule has 0 aliphatic carbocycles. The normalized spacial score (nSPS) is 17.9. The van der Waals surface area contributed by atoms with E-state index in [9.17, 15) is 5.11 Å².